The minimum atomic E-state index is -3.50. The van der Waals surface area contributed by atoms with Gasteiger partial charge >= 0.3 is 5.92 Å². The second-order valence-electron chi connectivity index (χ2n) is 6.89. The Morgan fingerprint density at radius 3 is 2.57 bits per heavy atom. The smallest absolute Gasteiger partial charge is 0.342 e. The van der Waals surface area contributed by atoms with E-state index in [0.717, 1.165) is 16.2 Å². The molecule has 9 heteroatoms. The number of rotatable bonds is 5. The summed E-state index contributed by atoms with van der Waals surface area (Å²) in [6.07, 6.45) is 1.40. The van der Waals surface area contributed by atoms with Crippen LogP contribution >= 0.6 is 0 Å². The van der Waals surface area contributed by atoms with Gasteiger partial charge in [-0.3, -0.25) is 4.79 Å². The number of hydrogen-bond acceptors (Lipinski definition) is 6. The van der Waals surface area contributed by atoms with E-state index < -0.39 is 18.4 Å². The van der Waals surface area contributed by atoms with Gasteiger partial charge in [0, 0.05) is 19.6 Å². The third kappa shape index (κ3) is 3.83. The highest BCUT2D eigenvalue weighted by atomic mass is 19.3. The lowest BCUT2D eigenvalue weighted by Crippen LogP contribution is -2.47. The van der Waals surface area contributed by atoms with Gasteiger partial charge in [0.2, 0.25) is 5.95 Å². The molecule has 2 heterocycles. The summed E-state index contributed by atoms with van der Waals surface area (Å²) in [4.78, 5) is 23.1. The SMILES string of the molecule is COc1ccc(CNc2ncc3c(n2)N(C(C)C)CC(F)(F)C(=O)N3C)cc1. The second kappa shape index (κ2) is 7.57. The number of aromatic nitrogens is 2. The number of methoxy groups -OCH3 is 1. The van der Waals surface area contributed by atoms with Crippen molar-refractivity contribution in [3.63, 3.8) is 0 Å². The number of carbonyl (C=O) groups excluding carboxylic acids is 1. The fourth-order valence-electron chi connectivity index (χ4n) is 2.96. The van der Waals surface area contributed by atoms with Crippen LogP contribution in [0.25, 0.3) is 0 Å². The van der Waals surface area contributed by atoms with E-state index in [4.69, 9.17) is 4.74 Å². The molecule has 0 radical (unpaired) electrons. The lowest BCUT2D eigenvalue weighted by molar-refractivity contribution is -0.140. The number of anilines is 3. The number of alkyl halides is 2. The van der Waals surface area contributed by atoms with Gasteiger partial charge in [-0.1, -0.05) is 12.1 Å². The Labute approximate surface area is 162 Å². The Hall–Kier alpha value is -2.97. The number of fused-ring (bicyclic) bond motifs is 1. The molecule has 0 bridgehead atoms. The second-order valence-corrected chi connectivity index (χ2v) is 6.89. The number of nitrogens with zero attached hydrogens (tertiary/aromatic N) is 4. The van der Waals surface area contributed by atoms with Crippen LogP contribution in [0.3, 0.4) is 0 Å². The summed E-state index contributed by atoms with van der Waals surface area (Å²) in [6, 6.07) is 7.23. The quantitative estimate of drug-likeness (QED) is 0.845. The van der Waals surface area contributed by atoms with Crippen molar-refractivity contribution in [2.75, 3.05) is 35.8 Å². The van der Waals surface area contributed by atoms with E-state index in [0.29, 0.717) is 18.3 Å². The van der Waals surface area contributed by atoms with Crippen LogP contribution in [0, 0.1) is 0 Å². The minimum absolute atomic E-state index is 0.255. The van der Waals surface area contributed by atoms with Gasteiger partial charge in [-0.15, -0.1) is 0 Å². The number of ether oxygens (including phenoxy) is 1. The van der Waals surface area contributed by atoms with E-state index in [1.165, 1.54) is 18.1 Å². The molecule has 2 aromatic rings. The number of nitrogens with one attached hydrogen (secondary N) is 1. The summed E-state index contributed by atoms with van der Waals surface area (Å²) in [7, 11) is 2.91. The Balaban J connectivity index is 1.88. The first-order valence-electron chi connectivity index (χ1n) is 8.89. The van der Waals surface area contributed by atoms with E-state index in [1.54, 1.807) is 21.0 Å². The van der Waals surface area contributed by atoms with Gasteiger partial charge in [0.15, 0.2) is 5.82 Å². The van der Waals surface area contributed by atoms with Crippen molar-refractivity contribution in [1.82, 2.24) is 9.97 Å². The molecule has 1 aromatic heterocycles. The molecule has 1 aliphatic rings. The number of amides is 1. The van der Waals surface area contributed by atoms with E-state index in [9.17, 15) is 13.6 Å². The maximum Gasteiger partial charge on any atom is 0.342 e. The van der Waals surface area contributed by atoms with Crippen LogP contribution in [0.5, 0.6) is 5.75 Å². The molecule has 0 saturated heterocycles. The van der Waals surface area contributed by atoms with Crippen molar-refractivity contribution < 1.29 is 18.3 Å². The van der Waals surface area contributed by atoms with E-state index in [2.05, 4.69) is 15.3 Å². The van der Waals surface area contributed by atoms with Gasteiger partial charge in [0.25, 0.3) is 5.91 Å². The molecule has 28 heavy (non-hydrogen) atoms. The Kier molecular flexibility index (Phi) is 5.35. The number of benzene rings is 1. The van der Waals surface area contributed by atoms with Gasteiger partial charge in [0.1, 0.15) is 11.4 Å². The maximum atomic E-state index is 14.3. The summed E-state index contributed by atoms with van der Waals surface area (Å²) in [6.45, 7) is 3.29. The third-order valence-corrected chi connectivity index (χ3v) is 4.60. The first-order chi connectivity index (χ1) is 13.2. The fraction of sp³-hybridized carbons (Fsp3) is 0.421. The normalized spacial score (nSPS) is 16.0. The third-order valence-electron chi connectivity index (χ3n) is 4.60. The monoisotopic (exact) mass is 391 g/mol. The highest BCUT2D eigenvalue weighted by Crippen LogP contribution is 2.36. The van der Waals surface area contributed by atoms with Crippen molar-refractivity contribution in [3.05, 3.63) is 36.0 Å². The van der Waals surface area contributed by atoms with Crippen LogP contribution in [0.15, 0.2) is 30.5 Å². The van der Waals surface area contributed by atoms with E-state index >= 15 is 0 Å². The largest absolute Gasteiger partial charge is 0.497 e. The van der Waals surface area contributed by atoms with Gasteiger partial charge < -0.3 is 19.9 Å². The summed E-state index contributed by atoms with van der Waals surface area (Å²) >= 11 is 0. The first-order valence-corrected chi connectivity index (χ1v) is 8.89. The lowest BCUT2D eigenvalue weighted by Gasteiger charge is -2.28. The standard InChI is InChI=1S/C19H23F2N5O2/c1-12(2)26-11-19(20,21)17(27)25(3)15-10-23-18(24-16(15)26)22-9-13-5-7-14(28-4)8-6-13/h5-8,10,12H,9,11H2,1-4H3,(H,22,23,24). The van der Waals surface area contributed by atoms with Crippen molar-refractivity contribution in [2.45, 2.75) is 32.4 Å². The molecule has 0 spiro atoms. The molecule has 0 unspecified atom stereocenters. The molecule has 3 rings (SSSR count). The predicted octanol–water partition coefficient (Wildman–Crippen LogP) is 2.92. The van der Waals surface area contributed by atoms with Crippen LogP contribution in [-0.4, -0.2) is 48.5 Å². The van der Waals surface area contributed by atoms with Crippen LogP contribution in [0.2, 0.25) is 0 Å². The zero-order chi connectivity index (χ0) is 20.5. The highest BCUT2D eigenvalue weighted by Gasteiger charge is 2.47. The first kappa shape index (κ1) is 19.8. The van der Waals surface area contributed by atoms with Gasteiger partial charge in [0.05, 0.1) is 19.9 Å². The van der Waals surface area contributed by atoms with Crippen molar-refractivity contribution in [2.24, 2.45) is 0 Å². The van der Waals surface area contributed by atoms with Gasteiger partial charge in [-0.2, -0.15) is 13.8 Å². The molecule has 0 aliphatic carbocycles. The molecule has 150 valence electrons. The highest BCUT2D eigenvalue weighted by molar-refractivity contribution is 6.01. The molecule has 1 amide bonds. The van der Waals surface area contributed by atoms with E-state index in [-0.39, 0.29) is 11.7 Å². The molecule has 0 saturated carbocycles. The number of hydrogen-bond donors (Lipinski definition) is 1. The van der Waals surface area contributed by atoms with Crippen molar-refractivity contribution in [3.8, 4) is 5.75 Å². The molecule has 0 fully saturated rings. The lowest BCUT2D eigenvalue weighted by atomic mass is 10.2. The average Bonchev–Trinajstić information content (AvgIpc) is 2.76. The minimum Gasteiger partial charge on any atom is -0.497 e. The topological polar surface area (TPSA) is 70.6 Å². The van der Waals surface area contributed by atoms with Gasteiger partial charge in [-0.25, -0.2) is 4.98 Å². The van der Waals surface area contributed by atoms with Crippen LogP contribution < -0.4 is 19.9 Å². The molecular weight excluding hydrogens is 368 g/mol. The van der Waals surface area contributed by atoms with Crippen molar-refractivity contribution in [1.29, 1.82) is 0 Å². The summed E-state index contributed by atoms with van der Waals surface area (Å²) < 4.78 is 33.7. The summed E-state index contributed by atoms with van der Waals surface area (Å²) in [5.41, 5.74) is 1.24. The fourth-order valence-corrected chi connectivity index (χ4v) is 2.96. The Morgan fingerprint density at radius 2 is 1.96 bits per heavy atom. The molecule has 7 nitrogen and oxygen atoms in total. The summed E-state index contributed by atoms with van der Waals surface area (Å²) in [5.74, 6) is -3.41. The van der Waals surface area contributed by atoms with Crippen LogP contribution in [0.4, 0.5) is 26.2 Å². The Bertz CT molecular complexity index is 858. The number of halogens is 2. The van der Waals surface area contributed by atoms with Crippen LogP contribution in [-0.2, 0) is 11.3 Å². The number of carbonyl (C=O) groups is 1. The van der Waals surface area contributed by atoms with Crippen molar-refractivity contribution >= 4 is 23.4 Å². The van der Waals surface area contributed by atoms with Crippen LogP contribution in [0.1, 0.15) is 19.4 Å². The molecule has 0 atom stereocenters. The molecule has 1 N–H and O–H groups in total. The summed E-state index contributed by atoms with van der Waals surface area (Å²) in [5, 5.41) is 3.09. The molecule has 1 aliphatic heterocycles. The zero-order valence-corrected chi connectivity index (χ0v) is 16.2. The average molecular weight is 391 g/mol. The molecular formula is C19H23F2N5O2. The van der Waals surface area contributed by atoms with E-state index in [1.807, 2.05) is 24.3 Å². The Morgan fingerprint density at radius 1 is 1.29 bits per heavy atom. The molecule has 1 aromatic carbocycles. The predicted molar refractivity (Wildman–Crippen MR) is 103 cm³/mol. The maximum absolute atomic E-state index is 14.3. The zero-order valence-electron chi connectivity index (χ0n) is 16.2. The van der Waals surface area contributed by atoms with Gasteiger partial charge in [-0.05, 0) is 31.5 Å².